The third kappa shape index (κ3) is 1.02. The SMILES string of the molecule is C=c1cn[nH]c1=C(C)C. The van der Waals surface area contributed by atoms with Crippen LogP contribution in [-0.2, 0) is 0 Å². The van der Waals surface area contributed by atoms with Crippen molar-refractivity contribution in [1.82, 2.24) is 10.2 Å². The van der Waals surface area contributed by atoms with E-state index >= 15 is 0 Å². The van der Waals surface area contributed by atoms with Gasteiger partial charge >= 0.3 is 0 Å². The molecule has 1 N–H and O–H groups in total. The molecule has 0 atom stereocenters. The van der Waals surface area contributed by atoms with Crippen molar-refractivity contribution in [3.63, 3.8) is 0 Å². The van der Waals surface area contributed by atoms with Crippen molar-refractivity contribution in [2.24, 2.45) is 0 Å². The molecule has 0 aliphatic rings. The number of hydrogen-bond donors (Lipinski definition) is 1. The van der Waals surface area contributed by atoms with Crippen LogP contribution >= 0.6 is 0 Å². The summed E-state index contributed by atoms with van der Waals surface area (Å²) < 4.78 is 0. The van der Waals surface area contributed by atoms with Gasteiger partial charge in [0.1, 0.15) is 0 Å². The monoisotopic (exact) mass is 122 g/mol. The first kappa shape index (κ1) is 6.08. The first-order valence-corrected chi connectivity index (χ1v) is 2.87. The van der Waals surface area contributed by atoms with Crippen LogP contribution in [-0.4, -0.2) is 10.2 Å². The van der Waals surface area contributed by atoms with E-state index in [1.165, 1.54) is 5.57 Å². The van der Waals surface area contributed by atoms with E-state index in [1.54, 1.807) is 6.20 Å². The van der Waals surface area contributed by atoms with E-state index in [1.807, 2.05) is 13.8 Å². The molecule has 1 heterocycles. The molecular weight excluding hydrogens is 112 g/mol. The molecule has 0 aliphatic carbocycles. The Labute approximate surface area is 53.9 Å². The molecule has 0 radical (unpaired) electrons. The van der Waals surface area contributed by atoms with Crippen LogP contribution in [0.15, 0.2) is 6.20 Å². The van der Waals surface area contributed by atoms with E-state index in [2.05, 4.69) is 16.8 Å². The number of H-pyrrole nitrogens is 1. The predicted octanol–water partition coefficient (Wildman–Crippen LogP) is 0.0105. The van der Waals surface area contributed by atoms with E-state index < -0.39 is 0 Å². The molecule has 48 valence electrons. The minimum Gasteiger partial charge on any atom is -0.278 e. The molecule has 0 spiro atoms. The molecule has 0 aromatic carbocycles. The summed E-state index contributed by atoms with van der Waals surface area (Å²) in [6.45, 7) is 7.85. The molecule has 1 rings (SSSR count). The van der Waals surface area contributed by atoms with Gasteiger partial charge in [0.25, 0.3) is 0 Å². The van der Waals surface area contributed by atoms with Crippen LogP contribution in [0.3, 0.4) is 0 Å². The molecular formula is C7H10N2. The van der Waals surface area contributed by atoms with Crippen molar-refractivity contribution < 1.29 is 0 Å². The highest BCUT2D eigenvalue weighted by atomic mass is 15.1. The zero-order chi connectivity index (χ0) is 6.85. The van der Waals surface area contributed by atoms with E-state index in [-0.39, 0.29) is 0 Å². The summed E-state index contributed by atoms with van der Waals surface area (Å²) in [4.78, 5) is 0. The Morgan fingerprint density at radius 3 is 2.56 bits per heavy atom. The van der Waals surface area contributed by atoms with Gasteiger partial charge in [-0.15, -0.1) is 0 Å². The van der Waals surface area contributed by atoms with Crippen molar-refractivity contribution in [2.75, 3.05) is 0 Å². The first-order valence-electron chi connectivity index (χ1n) is 2.87. The maximum Gasteiger partial charge on any atom is 0.0630 e. The van der Waals surface area contributed by atoms with Crippen LogP contribution in [0.25, 0.3) is 12.2 Å². The average Bonchev–Trinajstić information content (AvgIpc) is 2.13. The highest BCUT2D eigenvalue weighted by Gasteiger charge is 1.84. The maximum atomic E-state index is 3.83. The lowest BCUT2D eigenvalue weighted by molar-refractivity contribution is 1.05. The van der Waals surface area contributed by atoms with Crippen molar-refractivity contribution in [2.45, 2.75) is 13.8 Å². The second kappa shape index (κ2) is 2.05. The fourth-order valence-electron chi connectivity index (χ4n) is 0.744. The van der Waals surface area contributed by atoms with Gasteiger partial charge in [0.05, 0.1) is 11.5 Å². The summed E-state index contributed by atoms with van der Waals surface area (Å²) >= 11 is 0. The summed E-state index contributed by atoms with van der Waals surface area (Å²) in [5.74, 6) is 0. The zero-order valence-electron chi connectivity index (χ0n) is 5.73. The quantitative estimate of drug-likeness (QED) is 0.516. The summed E-state index contributed by atoms with van der Waals surface area (Å²) in [5.41, 5.74) is 1.22. The number of rotatable bonds is 0. The van der Waals surface area contributed by atoms with Gasteiger partial charge in [0.15, 0.2) is 0 Å². The fraction of sp³-hybridized carbons (Fsp3) is 0.286. The predicted molar refractivity (Wildman–Crippen MR) is 38.1 cm³/mol. The Morgan fingerprint density at radius 2 is 2.33 bits per heavy atom. The normalized spacial score (nSPS) is 9.56. The summed E-state index contributed by atoms with van der Waals surface area (Å²) in [5, 5.41) is 8.71. The van der Waals surface area contributed by atoms with Gasteiger partial charge in [-0.2, -0.15) is 5.10 Å². The van der Waals surface area contributed by atoms with Crippen LogP contribution in [0.2, 0.25) is 0 Å². The van der Waals surface area contributed by atoms with Gasteiger partial charge in [-0.3, -0.25) is 5.10 Å². The van der Waals surface area contributed by atoms with Gasteiger partial charge in [-0.1, -0.05) is 12.2 Å². The Kier molecular flexibility index (Phi) is 1.39. The van der Waals surface area contributed by atoms with Crippen LogP contribution in [0, 0.1) is 0 Å². The van der Waals surface area contributed by atoms with Crippen molar-refractivity contribution in [3.05, 3.63) is 16.8 Å². The second-order valence-electron chi connectivity index (χ2n) is 2.27. The Bertz CT molecular complexity index is 291. The molecule has 2 heteroatoms. The largest absolute Gasteiger partial charge is 0.278 e. The van der Waals surface area contributed by atoms with Crippen LogP contribution in [0.4, 0.5) is 0 Å². The molecule has 0 saturated heterocycles. The lowest BCUT2D eigenvalue weighted by Gasteiger charge is -1.80. The molecule has 0 bridgehead atoms. The molecule has 9 heavy (non-hydrogen) atoms. The molecule has 1 aromatic heterocycles. The Hall–Kier alpha value is -1.05. The highest BCUT2D eigenvalue weighted by molar-refractivity contribution is 5.35. The lowest BCUT2D eigenvalue weighted by atomic mass is 10.3. The van der Waals surface area contributed by atoms with Crippen molar-refractivity contribution >= 4 is 12.2 Å². The molecule has 0 saturated carbocycles. The number of hydrogen-bond acceptors (Lipinski definition) is 1. The van der Waals surface area contributed by atoms with E-state index in [9.17, 15) is 0 Å². The van der Waals surface area contributed by atoms with Crippen LogP contribution < -0.4 is 10.6 Å². The molecule has 2 nitrogen and oxygen atoms in total. The van der Waals surface area contributed by atoms with E-state index in [4.69, 9.17) is 0 Å². The number of nitrogens with one attached hydrogen (secondary N) is 1. The molecule has 0 unspecified atom stereocenters. The van der Waals surface area contributed by atoms with Gasteiger partial charge in [-0.05, 0) is 13.8 Å². The summed E-state index contributed by atoms with van der Waals surface area (Å²) in [7, 11) is 0. The van der Waals surface area contributed by atoms with Gasteiger partial charge in [0, 0.05) is 5.22 Å². The maximum absolute atomic E-state index is 3.83. The average molecular weight is 122 g/mol. The molecule has 0 aliphatic heterocycles. The Balaban J connectivity index is 3.60. The molecule has 0 amide bonds. The first-order chi connectivity index (χ1) is 4.22. The minimum atomic E-state index is 0.968. The summed E-state index contributed by atoms with van der Waals surface area (Å²) in [6.07, 6.45) is 1.72. The van der Waals surface area contributed by atoms with E-state index in [0.717, 1.165) is 10.6 Å². The van der Waals surface area contributed by atoms with Crippen LogP contribution in [0.5, 0.6) is 0 Å². The molecule has 0 fully saturated rings. The van der Waals surface area contributed by atoms with Gasteiger partial charge in [-0.25, -0.2) is 0 Å². The minimum absolute atomic E-state index is 0.968. The van der Waals surface area contributed by atoms with Gasteiger partial charge < -0.3 is 0 Å². The number of aromatic amines is 1. The van der Waals surface area contributed by atoms with Crippen LogP contribution in [0.1, 0.15) is 13.8 Å². The number of nitrogens with zero attached hydrogens (tertiary/aromatic N) is 1. The second-order valence-corrected chi connectivity index (χ2v) is 2.27. The topological polar surface area (TPSA) is 28.7 Å². The molecule has 1 aromatic rings. The van der Waals surface area contributed by atoms with E-state index in [0.29, 0.717) is 0 Å². The smallest absolute Gasteiger partial charge is 0.0630 e. The third-order valence-electron chi connectivity index (χ3n) is 1.22. The van der Waals surface area contributed by atoms with Crippen molar-refractivity contribution in [1.29, 1.82) is 0 Å². The van der Waals surface area contributed by atoms with Gasteiger partial charge in [0.2, 0.25) is 0 Å². The highest BCUT2D eigenvalue weighted by Crippen LogP contribution is 1.78. The lowest BCUT2D eigenvalue weighted by Crippen LogP contribution is -2.21. The van der Waals surface area contributed by atoms with Crippen molar-refractivity contribution in [3.8, 4) is 0 Å². The standard InChI is InChI=1S/C7H10N2/c1-5(2)7-6(3)4-8-9-7/h4,9H,3H2,1-2H3. The fourth-order valence-corrected chi connectivity index (χ4v) is 0.744. The Morgan fingerprint density at radius 1 is 1.67 bits per heavy atom. The summed E-state index contributed by atoms with van der Waals surface area (Å²) in [6, 6.07) is 0. The number of aromatic nitrogens is 2. The zero-order valence-corrected chi connectivity index (χ0v) is 5.73. The third-order valence-corrected chi connectivity index (χ3v) is 1.22.